The van der Waals surface area contributed by atoms with Crippen LogP contribution >= 0.6 is 15.9 Å². The summed E-state index contributed by atoms with van der Waals surface area (Å²) in [5.41, 5.74) is 2.26. The largest absolute Gasteiger partial charge is 0.326 e. The molecule has 1 aliphatic carbocycles. The van der Waals surface area contributed by atoms with E-state index in [0.717, 1.165) is 17.4 Å². The lowest BCUT2D eigenvalue weighted by atomic mass is 10.1. The van der Waals surface area contributed by atoms with E-state index in [-0.39, 0.29) is 17.2 Å². The zero-order valence-corrected chi connectivity index (χ0v) is 11.2. The number of nitrogens with one attached hydrogen (secondary N) is 1. The Kier molecular flexibility index (Phi) is 3.06. The summed E-state index contributed by atoms with van der Waals surface area (Å²) in [5.74, 6) is 0.330. The Labute approximate surface area is 105 Å². The van der Waals surface area contributed by atoms with Crippen molar-refractivity contribution in [1.82, 2.24) is 0 Å². The first-order valence-electron chi connectivity index (χ1n) is 5.49. The number of benzene rings is 1. The average molecular weight is 282 g/mol. The molecule has 0 spiro atoms. The number of halogens is 1. The van der Waals surface area contributed by atoms with Gasteiger partial charge in [-0.3, -0.25) is 4.79 Å². The van der Waals surface area contributed by atoms with Crippen molar-refractivity contribution in [2.45, 2.75) is 25.6 Å². The van der Waals surface area contributed by atoms with Gasteiger partial charge in [0.25, 0.3) is 0 Å². The van der Waals surface area contributed by atoms with E-state index < -0.39 is 0 Å². The highest BCUT2D eigenvalue weighted by Crippen LogP contribution is 2.51. The van der Waals surface area contributed by atoms with Gasteiger partial charge < -0.3 is 5.32 Å². The molecular weight excluding hydrogens is 266 g/mol. The van der Waals surface area contributed by atoms with Gasteiger partial charge in [-0.25, -0.2) is 0 Å². The van der Waals surface area contributed by atoms with Gasteiger partial charge in [-0.15, -0.1) is 0 Å². The molecular formula is C13H16BrNO. The predicted octanol–water partition coefficient (Wildman–Crippen LogP) is 3.57. The Balaban J connectivity index is 2.01. The molecule has 1 fully saturated rings. The number of alkyl halides is 1. The van der Waals surface area contributed by atoms with Gasteiger partial charge in [0.05, 0.1) is 0 Å². The van der Waals surface area contributed by atoms with Gasteiger partial charge in [-0.1, -0.05) is 41.9 Å². The van der Waals surface area contributed by atoms with E-state index in [0.29, 0.717) is 0 Å². The summed E-state index contributed by atoms with van der Waals surface area (Å²) in [6.45, 7) is 4.26. The second kappa shape index (κ2) is 4.21. The molecule has 0 aromatic heterocycles. The molecule has 2 rings (SSSR count). The van der Waals surface area contributed by atoms with E-state index >= 15 is 0 Å². The first kappa shape index (κ1) is 11.6. The number of hydrogen-bond donors (Lipinski definition) is 1. The van der Waals surface area contributed by atoms with Gasteiger partial charge in [-0.05, 0) is 29.5 Å². The maximum atomic E-state index is 11.9. The van der Waals surface area contributed by atoms with Crippen LogP contribution in [0, 0.1) is 11.3 Å². The highest BCUT2D eigenvalue weighted by molar-refractivity contribution is 9.08. The monoisotopic (exact) mass is 281 g/mol. The molecule has 0 aliphatic heterocycles. The molecule has 1 unspecified atom stereocenters. The number of hydrogen-bond acceptors (Lipinski definition) is 1. The lowest BCUT2D eigenvalue weighted by Gasteiger charge is -2.07. The Morgan fingerprint density at radius 1 is 1.56 bits per heavy atom. The van der Waals surface area contributed by atoms with E-state index in [1.165, 1.54) is 5.56 Å². The van der Waals surface area contributed by atoms with Crippen molar-refractivity contribution in [3.05, 3.63) is 29.8 Å². The van der Waals surface area contributed by atoms with E-state index in [1.54, 1.807) is 0 Å². The average Bonchev–Trinajstić information content (AvgIpc) is 2.88. The molecule has 0 heterocycles. The summed E-state index contributed by atoms with van der Waals surface area (Å²) < 4.78 is 0. The van der Waals surface area contributed by atoms with E-state index in [1.807, 2.05) is 24.3 Å². The molecule has 1 aromatic rings. The van der Waals surface area contributed by atoms with E-state index in [2.05, 4.69) is 35.1 Å². The standard InChI is InChI=1S/C13H16BrNO/c1-13(2)7-11(13)12(16)15-10-5-3-4-9(6-10)8-14/h3-6,11H,7-8H2,1-2H3,(H,15,16). The normalized spacial score (nSPS) is 21.6. The first-order valence-corrected chi connectivity index (χ1v) is 6.61. The summed E-state index contributed by atoms with van der Waals surface area (Å²) in [4.78, 5) is 11.9. The summed E-state index contributed by atoms with van der Waals surface area (Å²) in [7, 11) is 0. The molecule has 1 N–H and O–H groups in total. The van der Waals surface area contributed by atoms with Crippen LogP contribution in [0.3, 0.4) is 0 Å². The summed E-state index contributed by atoms with van der Waals surface area (Å²) in [6.07, 6.45) is 0.997. The maximum absolute atomic E-state index is 11.9. The van der Waals surface area contributed by atoms with Gasteiger partial charge in [0.15, 0.2) is 0 Å². The minimum atomic E-state index is 0.150. The molecule has 0 saturated heterocycles. The quantitative estimate of drug-likeness (QED) is 0.844. The first-order chi connectivity index (χ1) is 7.53. The number of anilines is 1. The van der Waals surface area contributed by atoms with Gasteiger partial charge in [-0.2, -0.15) is 0 Å². The second-order valence-corrected chi connectivity index (χ2v) is 5.63. The fourth-order valence-electron chi connectivity index (χ4n) is 1.88. The fraction of sp³-hybridized carbons (Fsp3) is 0.462. The van der Waals surface area contributed by atoms with Crippen molar-refractivity contribution in [3.63, 3.8) is 0 Å². The molecule has 0 bridgehead atoms. The molecule has 16 heavy (non-hydrogen) atoms. The van der Waals surface area contributed by atoms with Crippen molar-refractivity contribution < 1.29 is 4.79 Å². The number of amides is 1. The van der Waals surface area contributed by atoms with Crippen LogP contribution in [0.4, 0.5) is 5.69 Å². The number of rotatable bonds is 3. The Morgan fingerprint density at radius 3 is 2.81 bits per heavy atom. The van der Waals surface area contributed by atoms with Crippen LogP contribution in [0.15, 0.2) is 24.3 Å². The highest BCUT2D eigenvalue weighted by Gasteiger charge is 2.50. The lowest BCUT2D eigenvalue weighted by molar-refractivity contribution is -0.117. The molecule has 86 valence electrons. The van der Waals surface area contributed by atoms with Crippen LogP contribution in [0.25, 0.3) is 0 Å². The van der Waals surface area contributed by atoms with Gasteiger partial charge in [0, 0.05) is 16.9 Å². The molecule has 1 saturated carbocycles. The number of carbonyl (C=O) groups is 1. The second-order valence-electron chi connectivity index (χ2n) is 5.07. The highest BCUT2D eigenvalue weighted by atomic mass is 79.9. The zero-order chi connectivity index (χ0) is 11.8. The van der Waals surface area contributed by atoms with Crippen LogP contribution in [0.2, 0.25) is 0 Å². The summed E-state index contributed by atoms with van der Waals surface area (Å²) >= 11 is 3.40. The summed E-state index contributed by atoms with van der Waals surface area (Å²) in [6, 6.07) is 7.93. The summed E-state index contributed by atoms with van der Waals surface area (Å²) in [5, 5.41) is 3.79. The van der Waals surface area contributed by atoms with Gasteiger partial charge in [0.2, 0.25) is 5.91 Å². The van der Waals surface area contributed by atoms with Crippen molar-refractivity contribution in [2.75, 3.05) is 5.32 Å². The molecule has 3 heteroatoms. The lowest BCUT2D eigenvalue weighted by Crippen LogP contribution is -2.16. The van der Waals surface area contributed by atoms with Gasteiger partial charge >= 0.3 is 0 Å². The minimum Gasteiger partial charge on any atom is -0.326 e. The third kappa shape index (κ3) is 2.46. The predicted molar refractivity (Wildman–Crippen MR) is 69.6 cm³/mol. The SMILES string of the molecule is CC1(C)CC1C(=O)Nc1cccc(CBr)c1. The molecule has 1 aromatic carbocycles. The van der Waals surface area contributed by atoms with Crippen LogP contribution in [0.1, 0.15) is 25.8 Å². The third-order valence-corrected chi connectivity index (χ3v) is 3.83. The number of carbonyl (C=O) groups excluding carboxylic acids is 1. The topological polar surface area (TPSA) is 29.1 Å². The molecule has 1 atom stereocenters. The van der Waals surface area contributed by atoms with Crippen molar-refractivity contribution in [3.8, 4) is 0 Å². The Morgan fingerprint density at radius 2 is 2.25 bits per heavy atom. The molecule has 2 nitrogen and oxygen atoms in total. The Bertz CT molecular complexity index is 414. The van der Waals surface area contributed by atoms with Crippen LogP contribution in [-0.2, 0) is 10.1 Å². The van der Waals surface area contributed by atoms with E-state index in [9.17, 15) is 4.79 Å². The third-order valence-electron chi connectivity index (χ3n) is 3.18. The van der Waals surface area contributed by atoms with E-state index in [4.69, 9.17) is 0 Å². The molecule has 1 amide bonds. The molecule has 0 radical (unpaired) electrons. The van der Waals surface area contributed by atoms with Gasteiger partial charge in [0.1, 0.15) is 0 Å². The maximum Gasteiger partial charge on any atom is 0.228 e. The van der Waals surface area contributed by atoms with Crippen LogP contribution in [-0.4, -0.2) is 5.91 Å². The fourth-order valence-corrected chi connectivity index (χ4v) is 2.23. The zero-order valence-electron chi connectivity index (χ0n) is 9.59. The minimum absolute atomic E-state index is 0.150. The van der Waals surface area contributed by atoms with Crippen LogP contribution in [0.5, 0.6) is 0 Å². The molecule has 1 aliphatic rings. The van der Waals surface area contributed by atoms with Crippen molar-refractivity contribution >= 4 is 27.5 Å². The van der Waals surface area contributed by atoms with Crippen molar-refractivity contribution in [1.29, 1.82) is 0 Å². The Hall–Kier alpha value is -0.830. The van der Waals surface area contributed by atoms with Crippen molar-refractivity contribution in [2.24, 2.45) is 11.3 Å². The smallest absolute Gasteiger partial charge is 0.228 e. The van der Waals surface area contributed by atoms with Crippen LogP contribution < -0.4 is 5.32 Å².